The van der Waals surface area contributed by atoms with E-state index in [4.69, 9.17) is 14.8 Å². The molecule has 2 heterocycles. The highest BCUT2D eigenvalue weighted by Crippen LogP contribution is 2.38. The van der Waals surface area contributed by atoms with Crippen LogP contribution in [-0.4, -0.2) is 30.9 Å². The molecular formula is C30H32N4O. The molecular weight excluding hydrogens is 432 g/mol. The second kappa shape index (κ2) is 9.79. The standard InChI is InChI=1S/C30H32N4O/c1-5-33(6-2)24-15-11-22(12-16-24)28-20-29(23-13-17-25(35-4)18-14-23)34(32-28)30-19-21(3)26-9-7-8-10-27(26)31-30/h7-19,29H,5-6,20H2,1-4H3. The Morgan fingerprint density at radius 1 is 0.943 bits per heavy atom. The van der Waals surface area contributed by atoms with Gasteiger partial charge in [0, 0.05) is 30.6 Å². The Balaban J connectivity index is 1.55. The number of hydrogen-bond donors (Lipinski definition) is 0. The summed E-state index contributed by atoms with van der Waals surface area (Å²) in [6.07, 6.45) is 0.810. The van der Waals surface area contributed by atoms with Gasteiger partial charge in [0.2, 0.25) is 0 Å². The van der Waals surface area contributed by atoms with E-state index in [0.717, 1.165) is 47.9 Å². The van der Waals surface area contributed by atoms with Gasteiger partial charge in [-0.1, -0.05) is 42.5 Å². The van der Waals surface area contributed by atoms with Crippen LogP contribution in [0.2, 0.25) is 0 Å². The molecule has 1 unspecified atom stereocenters. The van der Waals surface area contributed by atoms with Gasteiger partial charge in [-0.3, -0.25) is 0 Å². The molecule has 0 radical (unpaired) electrons. The Labute approximate surface area is 207 Å². The summed E-state index contributed by atoms with van der Waals surface area (Å²) >= 11 is 0. The maximum Gasteiger partial charge on any atom is 0.150 e. The summed E-state index contributed by atoms with van der Waals surface area (Å²) < 4.78 is 5.39. The molecule has 5 nitrogen and oxygen atoms in total. The van der Waals surface area contributed by atoms with E-state index in [1.54, 1.807) is 7.11 Å². The predicted octanol–water partition coefficient (Wildman–Crippen LogP) is 6.75. The van der Waals surface area contributed by atoms with Crippen LogP contribution in [0.4, 0.5) is 11.5 Å². The van der Waals surface area contributed by atoms with Crippen LogP contribution in [0.1, 0.15) is 43.0 Å². The molecule has 4 aromatic rings. The maximum absolute atomic E-state index is 5.39. The maximum atomic E-state index is 5.39. The number of para-hydroxylation sites is 1. The zero-order valence-corrected chi connectivity index (χ0v) is 20.9. The summed E-state index contributed by atoms with van der Waals surface area (Å²) in [5.41, 5.74) is 6.85. The zero-order valence-electron chi connectivity index (χ0n) is 20.9. The summed E-state index contributed by atoms with van der Waals surface area (Å²) in [7, 11) is 1.70. The van der Waals surface area contributed by atoms with E-state index in [2.05, 4.69) is 91.3 Å². The molecule has 0 bridgehead atoms. The second-order valence-corrected chi connectivity index (χ2v) is 8.92. The number of aryl methyl sites for hydroxylation is 1. The average Bonchev–Trinajstić information content (AvgIpc) is 3.35. The number of ether oxygens (including phenoxy) is 1. The van der Waals surface area contributed by atoms with Crippen LogP contribution in [0.3, 0.4) is 0 Å². The van der Waals surface area contributed by atoms with Gasteiger partial charge in [0.15, 0.2) is 0 Å². The fraction of sp³-hybridized carbons (Fsp3) is 0.267. The molecule has 0 saturated heterocycles. The molecule has 1 aliphatic heterocycles. The fourth-order valence-corrected chi connectivity index (χ4v) is 4.88. The van der Waals surface area contributed by atoms with Crippen LogP contribution in [0, 0.1) is 6.92 Å². The number of benzene rings is 3. The predicted molar refractivity (Wildman–Crippen MR) is 146 cm³/mol. The third-order valence-electron chi connectivity index (χ3n) is 6.88. The van der Waals surface area contributed by atoms with Gasteiger partial charge in [0.1, 0.15) is 11.6 Å². The van der Waals surface area contributed by atoms with Gasteiger partial charge in [-0.05, 0) is 73.9 Å². The van der Waals surface area contributed by atoms with Crippen LogP contribution in [0.5, 0.6) is 5.75 Å². The molecule has 3 aromatic carbocycles. The zero-order chi connectivity index (χ0) is 24.4. The summed E-state index contributed by atoms with van der Waals surface area (Å²) in [5.74, 6) is 1.72. The Bertz CT molecular complexity index is 1340. The lowest BCUT2D eigenvalue weighted by Gasteiger charge is -2.24. The molecule has 1 aromatic heterocycles. The number of pyridine rings is 1. The number of rotatable bonds is 7. The quantitative estimate of drug-likeness (QED) is 0.303. The summed E-state index contributed by atoms with van der Waals surface area (Å²) in [5, 5.41) is 8.40. The molecule has 5 rings (SSSR count). The molecule has 0 N–H and O–H groups in total. The molecule has 0 spiro atoms. The molecule has 35 heavy (non-hydrogen) atoms. The summed E-state index contributed by atoms with van der Waals surface area (Å²) in [6, 6.07) is 27.6. The van der Waals surface area contributed by atoms with Gasteiger partial charge in [0.25, 0.3) is 0 Å². The van der Waals surface area contributed by atoms with E-state index in [1.165, 1.54) is 22.2 Å². The Kier molecular flexibility index (Phi) is 6.41. The van der Waals surface area contributed by atoms with Crippen molar-refractivity contribution in [2.45, 2.75) is 33.2 Å². The van der Waals surface area contributed by atoms with Crippen molar-refractivity contribution in [1.29, 1.82) is 0 Å². The first-order valence-corrected chi connectivity index (χ1v) is 12.3. The number of nitrogens with zero attached hydrogens (tertiary/aromatic N) is 4. The number of hydrogen-bond acceptors (Lipinski definition) is 5. The number of aromatic nitrogens is 1. The number of fused-ring (bicyclic) bond motifs is 1. The third-order valence-corrected chi connectivity index (χ3v) is 6.88. The monoisotopic (exact) mass is 464 g/mol. The van der Waals surface area contributed by atoms with Gasteiger partial charge in [-0.25, -0.2) is 9.99 Å². The van der Waals surface area contributed by atoms with E-state index in [9.17, 15) is 0 Å². The third kappa shape index (κ3) is 4.46. The van der Waals surface area contributed by atoms with Crippen LogP contribution in [0.25, 0.3) is 10.9 Å². The van der Waals surface area contributed by atoms with Gasteiger partial charge < -0.3 is 9.64 Å². The number of hydrazone groups is 1. The van der Waals surface area contributed by atoms with Crippen molar-refractivity contribution in [3.05, 3.63) is 95.6 Å². The minimum absolute atomic E-state index is 0.0615. The van der Waals surface area contributed by atoms with Crippen molar-refractivity contribution in [2.75, 3.05) is 30.1 Å². The highest BCUT2D eigenvalue weighted by Gasteiger charge is 2.31. The summed E-state index contributed by atoms with van der Waals surface area (Å²) in [6.45, 7) is 8.51. The van der Waals surface area contributed by atoms with E-state index >= 15 is 0 Å². The van der Waals surface area contributed by atoms with Gasteiger partial charge in [0.05, 0.1) is 24.4 Å². The number of anilines is 2. The van der Waals surface area contributed by atoms with E-state index in [1.807, 2.05) is 18.2 Å². The van der Waals surface area contributed by atoms with Crippen molar-refractivity contribution in [2.24, 2.45) is 5.10 Å². The Morgan fingerprint density at radius 2 is 1.66 bits per heavy atom. The minimum Gasteiger partial charge on any atom is -0.497 e. The topological polar surface area (TPSA) is 41.0 Å². The normalized spacial score (nSPS) is 15.4. The van der Waals surface area contributed by atoms with E-state index in [-0.39, 0.29) is 6.04 Å². The molecule has 5 heteroatoms. The summed E-state index contributed by atoms with van der Waals surface area (Å²) in [4.78, 5) is 7.36. The molecule has 178 valence electrons. The van der Waals surface area contributed by atoms with Crippen LogP contribution < -0.4 is 14.6 Å². The highest BCUT2D eigenvalue weighted by molar-refractivity contribution is 6.03. The molecule has 0 fully saturated rings. The molecule has 0 saturated carbocycles. The SMILES string of the molecule is CCN(CC)c1ccc(C2=NN(c3cc(C)c4ccccc4n3)C(c3ccc(OC)cc3)C2)cc1. The lowest BCUT2D eigenvalue weighted by molar-refractivity contribution is 0.414. The first-order chi connectivity index (χ1) is 17.1. The van der Waals surface area contributed by atoms with Crippen molar-refractivity contribution in [3.8, 4) is 5.75 Å². The highest BCUT2D eigenvalue weighted by atomic mass is 16.5. The van der Waals surface area contributed by atoms with Crippen molar-refractivity contribution >= 4 is 28.1 Å². The molecule has 0 aliphatic carbocycles. The molecule has 1 aliphatic rings. The first-order valence-electron chi connectivity index (χ1n) is 12.3. The Hall–Kier alpha value is -3.86. The lowest BCUT2D eigenvalue weighted by atomic mass is 9.98. The first kappa shape index (κ1) is 22.9. The Morgan fingerprint density at radius 3 is 2.34 bits per heavy atom. The minimum atomic E-state index is 0.0615. The van der Waals surface area contributed by atoms with Gasteiger partial charge in [-0.15, -0.1) is 0 Å². The van der Waals surface area contributed by atoms with Crippen molar-refractivity contribution in [3.63, 3.8) is 0 Å². The largest absolute Gasteiger partial charge is 0.497 e. The van der Waals surface area contributed by atoms with Crippen LogP contribution in [-0.2, 0) is 0 Å². The average molecular weight is 465 g/mol. The number of methoxy groups -OCH3 is 1. The molecule has 0 amide bonds. The van der Waals surface area contributed by atoms with Gasteiger partial charge in [-0.2, -0.15) is 5.10 Å². The van der Waals surface area contributed by atoms with Crippen molar-refractivity contribution < 1.29 is 4.74 Å². The molecule has 1 atom stereocenters. The van der Waals surface area contributed by atoms with E-state index < -0.39 is 0 Å². The second-order valence-electron chi connectivity index (χ2n) is 8.92. The van der Waals surface area contributed by atoms with Crippen LogP contribution in [0.15, 0.2) is 84.0 Å². The van der Waals surface area contributed by atoms with Gasteiger partial charge >= 0.3 is 0 Å². The van der Waals surface area contributed by atoms with E-state index in [0.29, 0.717) is 0 Å². The smallest absolute Gasteiger partial charge is 0.150 e. The lowest BCUT2D eigenvalue weighted by Crippen LogP contribution is -2.21. The fourth-order valence-electron chi connectivity index (χ4n) is 4.88. The van der Waals surface area contributed by atoms with Crippen molar-refractivity contribution in [1.82, 2.24) is 4.98 Å². The van der Waals surface area contributed by atoms with Crippen LogP contribution >= 0.6 is 0 Å².